The van der Waals surface area contributed by atoms with Gasteiger partial charge in [-0.05, 0) is 6.92 Å². The molecule has 0 nitrogen and oxygen atoms in total. The molecule has 0 spiro atoms. The molecule has 0 saturated heterocycles. The van der Waals surface area contributed by atoms with Crippen molar-refractivity contribution in [2.45, 2.75) is 6.92 Å². The first-order chi connectivity index (χ1) is 3.31. The molecule has 0 aliphatic rings. The second-order valence-electron chi connectivity index (χ2n) is 1.38. The third kappa shape index (κ3) is 3.80. The molecule has 0 bridgehead atoms. The zero-order valence-corrected chi connectivity index (χ0v) is 6.03. The summed E-state index contributed by atoms with van der Waals surface area (Å²) in [6, 6.07) is 0. The number of hydrogen-bond acceptors (Lipinski definition) is 0. The first-order valence-electron chi connectivity index (χ1n) is 2.15. The van der Waals surface area contributed by atoms with Gasteiger partial charge in [0.2, 0.25) is 0 Å². The van der Waals surface area contributed by atoms with Crippen LogP contribution in [0.1, 0.15) is 6.92 Å². The molecule has 0 heterocycles. The molecule has 40 valence electrons. The summed E-state index contributed by atoms with van der Waals surface area (Å²) < 4.78 is 0. The summed E-state index contributed by atoms with van der Waals surface area (Å²) in [5.74, 6) is 0. The van der Waals surface area contributed by atoms with Gasteiger partial charge < -0.3 is 0 Å². The van der Waals surface area contributed by atoms with Crippen molar-refractivity contribution in [3.8, 4) is 0 Å². The van der Waals surface area contributed by atoms with Crippen LogP contribution < -0.4 is 0 Å². The first kappa shape index (κ1) is 6.96. The van der Waals surface area contributed by atoms with Crippen molar-refractivity contribution in [3.63, 3.8) is 0 Å². The Kier molecular flexibility index (Phi) is 4.10. The van der Waals surface area contributed by atoms with Crippen molar-refractivity contribution in [1.29, 1.82) is 0 Å². The number of halogens is 1. The predicted molar refractivity (Wildman–Crippen MR) is 37.7 cm³/mol. The molecule has 0 aromatic rings. The van der Waals surface area contributed by atoms with E-state index in [0.717, 1.165) is 5.33 Å². The number of alkyl halides is 1. The highest BCUT2D eigenvalue weighted by Gasteiger charge is 1.76. The second kappa shape index (κ2) is 4.13. The fourth-order valence-electron chi connectivity index (χ4n) is 0.246. The van der Waals surface area contributed by atoms with Gasteiger partial charge >= 0.3 is 0 Å². The Labute approximate surface area is 53.1 Å². The summed E-state index contributed by atoms with van der Waals surface area (Å²) in [7, 11) is 0. The summed E-state index contributed by atoms with van der Waals surface area (Å²) in [6.45, 7) is 5.60. The highest BCUT2D eigenvalue weighted by atomic mass is 79.9. The van der Waals surface area contributed by atoms with E-state index in [9.17, 15) is 0 Å². The minimum Gasteiger partial charge on any atom is -0.0991 e. The molecule has 0 amide bonds. The van der Waals surface area contributed by atoms with Gasteiger partial charge in [0, 0.05) is 5.33 Å². The van der Waals surface area contributed by atoms with Crippen LogP contribution in [0.2, 0.25) is 0 Å². The molecular weight excluding hydrogens is 152 g/mol. The highest BCUT2D eigenvalue weighted by Crippen LogP contribution is 1.95. The SMILES string of the molecule is C=C/C=C(/C)CBr. The van der Waals surface area contributed by atoms with Gasteiger partial charge in [0.25, 0.3) is 0 Å². The Bertz CT molecular complexity index is 82.2. The van der Waals surface area contributed by atoms with Gasteiger partial charge in [0.1, 0.15) is 0 Å². The zero-order valence-electron chi connectivity index (χ0n) is 4.45. The topological polar surface area (TPSA) is 0 Å². The van der Waals surface area contributed by atoms with Gasteiger partial charge in [-0.25, -0.2) is 0 Å². The van der Waals surface area contributed by atoms with E-state index in [0.29, 0.717) is 0 Å². The Hall–Kier alpha value is -0.0400. The van der Waals surface area contributed by atoms with Crippen LogP contribution in [0.25, 0.3) is 0 Å². The maximum Gasteiger partial charge on any atom is 0.0242 e. The molecule has 0 rings (SSSR count). The summed E-state index contributed by atoms with van der Waals surface area (Å²) in [6.07, 6.45) is 3.77. The fraction of sp³-hybridized carbons (Fsp3) is 0.333. The van der Waals surface area contributed by atoms with E-state index < -0.39 is 0 Å². The highest BCUT2D eigenvalue weighted by molar-refractivity contribution is 9.09. The smallest absolute Gasteiger partial charge is 0.0242 e. The van der Waals surface area contributed by atoms with Crippen LogP contribution in [-0.4, -0.2) is 5.33 Å². The maximum atomic E-state index is 3.55. The van der Waals surface area contributed by atoms with Crippen LogP contribution in [0.5, 0.6) is 0 Å². The average Bonchev–Trinajstić information content (AvgIpc) is 1.68. The van der Waals surface area contributed by atoms with E-state index >= 15 is 0 Å². The normalized spacial score (nSPS) is 11.4. The van der Waals surface area contributed by atoms with E-state index in [-0.39, 0.29) is 0 Å². The van der Waals surface area contributed by atoms with E-state index in [4.69, 9.17) is 0 Å². The second-order valence-corrected chi connectivity index (χ2v) is 1.94. The molecular formula is C6H9Br. The molecule has 0 aromatic carbocycles. The maximum absolute atomic E-state index is 3.55. The predicted octanol–water partition coefficient (Wildman–Crippen LogP) is 2.51. The lowest BCUT2D eigenvalue weighted by Gasteiger charge is -1.84. The number of allylic oxidation sites excluding steroid dienone is 3. The molecule has 0 aliphatic heterocycles. The van der Waals surface area contributed by atoms with Gasteiger partial charge in [-0.15, -0.1) is 0 Å². The minimum absolute atomic E-state index is 0.943. The Morgan fingerprint density at radius 3 is 2.57 bits per heavy atom. The molecule has 0 saturated carbocycles. The third-order valence-electron chi connectivity index (χ3n) is 0.613. The van der Waals surface area contributed by atoms with Crippen LogP contribution in [0, 0.1) is 0 Å². The Morgan fingerprint density at radius 2 is 2.43 bits per heavy atom. The molecule has 1 heteroatoms. The lowest BCUT2D eigenvalue weighted by molar-refractivity contribution is 1.43. The molecule has 0 radical (unpaired) electrons. The zero-order chi connectivity index (χ0) is 5.70. The molecule has 0 aromatic heterocycles. The van der Waals surface area contributed by atoms with Gasteiger partial charge in [0.15, 0.2) is 0 Å². The summed E-state index contributed by atoms with van der Waals surface area (Å²) in [4.78, 5) is 0. The van der Waals surface area contributed by atoms with Crippen molar-refractivity contribution in [2.75, 3.05) is 5.33 Å². The number of hydrogen-bond donors (Lipinski definition) is 0. The van der Waals surface area contributed by atoms with E-state index in [2.05, 4.69) is 29.4 Å². The van der Waals surface area contributed by atoms with Gasteiger partial charge in [-0.3, -0.25) is 0 Å². The lowest BCUT2D eigenvalue weighted by atomic mass is 10.3. The van der Waals surface area contributed by atoms with Crippen LogP contribution in [0.3, 0.4) is 0 Å². The van der Waals surface area contributed by atoms with Crippen LogP contribution >= 0.6 is 15.9 Å². The monoisotopic (exact) mass is 160 g/mol. The summed E-state index contributed by atoms with van der Waals surface area (Å²) in [5.41, 5.74) is 1.30. The van der Waals surface area contributed by atoms with E-state index in [1.807, 2.05) is 6.08 Å². The third-order valence-corrected chi connectivity index (χ3v) is 1.50. The van der Waals surface area contributed by atoms with Gasteiger partial charge in [-0.2, -0.15) is 0 Å². The molecule has 0 aliphatic carbocycles. The molecule has 0 N–H and O–H groups in total. The largest absolute Gasteiger partial charge is 0.0991 e. The Morgan fingerprint density at radius 1 is 1.86 bits per heavy atom. The summed E-state index contributed by atoms with van der Waals surface area (Å²) >= 11 is 3.30. The van der Waals surface area contributed by atoms with Crippen molar-refractivity contribution in [3.05, 3.63) is 24.3 Å². The first-order valence-corrected chi connectivity index (χ1v) is 3.27. The standard InChI is InChI=1S/C6H9Br/c1-3-4-6(2)5-7/h3-4H,1,5H2,2H3/b6-4-. The lowest BCUT2D eigenvalue weighted by Crippen LogP contribution is -1.70. The van der Waals surface area contributed by atoms with Crippen LogP contribution in [-0.2, 0) is 0 Å². The van der Waals surface area contributed by atoms with E-state index in [1.165, 1.54) is 5.57 Å². The average molecular weight is 161 g/mol. The fourth-order valence-corrected chi connectivity index (χ4v) is 0.433. The van der Waals surface area contributed by atoms with Crippen molar-refractivity contribution in [1.82, 2.24) is 0 Å². The molecule has 0 fully saturated rings. The van der Waals surface area contributed by atoms with E-state index in [1.54, 1.807) is 6.08 Å². The Balaban J connectivity index is 3.49. The van der Waals surface area contributed by atoms with Crippen molar-refractivity contribution >= 4 is 15.9 Å². The van der Waals surface area contributed by atoms with Gasteiger partial charge in [0.05, 0.1) is 0 Å². The molecule has 0 atom stereocenters. The molecule has 7 heavy (non-hydrogen) atoms. The van der Waals surface area contributed by atoms with Crippen LogP contribution in [0.15, 0.2) is 24.3 Å². The van der Waals surface area contributed by atoms with Crippen molar-refractivity contribution in [2.24, 2.45) is 0 Å². The summed E-state index contributed by atoms with van der Waals surface area (Å²) in [5, 5.41) is 0.943. The van der Waals surface area contributed by atoms with Gasteiger partial charge in [-0.1, -0.05) is 40.2 Å². The quantitative estimate of drug-likeness (QED) is 0.431. The van der Waals surface area contributed by atoms with Crippen molar-refractivity contribution < 1.29 is 0 Å². The minimum atomic E-state index is 0.943. The molecule has 0 unspecified atom stereocenters. The van der Waals surface area contributed by atoms with Crippen LogP contribution in [0.4, 0.5) is 0 Å². The number of rotatable bonds is 2.